The van der Waals surface area contributed by atoms with Gasteiger partial charge in [-0.25, -0.2) is 8.42 Å². The molecule has 1 atom stereocenters. The lowest BCUT2D eigenvalue weighted by atomic mass is 9.95. The maximum absolute atomic E-state index is 13.6. The number of aryl methyl sites for hydroxylation is 1. The molecule has 1 unspecified atom stereocenters. The fourth-order valence-corrected chi connectivity index (χ4v) is 6.09. The SMILES string of the molecule is COc1ccc(CN(C(=O)C2CCN(S(=O)(=O)c3ccc(C)cc3)CC2)C(C)C2CC2)cc1. The Morgan fingerprint density at radius 2 is 1.64 bits per heavy atom. The normalized spacial score (nSPS) is 18.6. The first-order valence-corrected chi connectivity index (χ1v) is 13.2. The summed E-state index contributed by atoms with van der Waals surface area (Å²) < 4.78 is 32.8. The predicted octanol–water partition coefficient (Wildman–Crippen LogP) is 4.23. The van der Waals surface area contributed by atoms with Crippen molar-refractivity contribution in [2.45, 2.75) is 57.0 Å². The Labute approximate surface area is 197 Å². The molecule has 1 heterocycles. The van der Waals surface area contributed by atoms with E-state index in [4.69, 9.17) is 4.74 Å². The lowest BCUT2D eigenvalue weighted by Gasteiger charge is -2.36. The molecule has 2 aromatic rings. The van der Waals surface area contributed by atoms with Gasteiger partial charge in [-0.15, -0.1) is 0 Å². The van der Waals surface area contributed by atoms with E-state index in [0.717, 1.165) is 16.9 Å². The van der Waals surface area contributed by atoms with Gasteiger partial charge in [-0.05, 0) is 75.3 Å². The van der Waals surface area contributed by atoms with E-state index < -0.39 is 10.0 Å². The summed E-state index contributed by atoms with van der Waals surface area (Å²) in [7, 11) is -1.88. The van der Waals surface area contributed by atoms with E-state index >= 15 is 0 Å². The van der Waals surface area contributed by atoms with Crippen LogP contribution in [-0.2, 0) is 21.4 Å². The molecule has 1 saturated carbocycles. The number of nitrogens with zero attached hydrogens (tertiary/aromatic N) is 2. The van der Waals surface area contributed by atoms with Crippen molar-refractivity contribution in [2.75, 3.05) is 20.2 Å². The number of rotatable bonds is 8. The van der Waals surface area contributed by atoms with Crippen LogP contribution in [0.3, 0.4) is 0 Å². The summed E-state index contributed by atoms with van der Waals surface area (Å²) in [5, 5.41) is 0. The first-order chi connectivity index (χ1) is 15.8. The summed E-state index contributed by atoms with van der Waals surface area (Å²) in [6.07, 6.45) is 3.45. The molecular formula is C26H34N2O4S. The predicted molar refractivity (Wildman–Crippen MR) is 128 cm³/mol. The maximum Gasteiger partial charge on any atom is 0.243 e. The highest BCUT2D eigenvalue weighted by atomic mass is 32.2. The van der Waals surface area contributed by atoms with Crippen LogP contribution in [-0.4, -0.2) is 49.8 Å². The van der Waals surface area contributed by atoms with Gasteiger partial charge in [-0.2, -0.15) is 4.31 Å². The topological polar surface area (TPSA) is 66.9 Å². The Morgan fingerprint density at radius 1 is 1.03 bits per heavy atom. The van der Waals surface area contributed by atoms with Gasteiger partial charge in [0.15, 0.2) is 0 Å². The van der Waals surface area contributed by atoms with Crippen LogP contribution in [0.25, 0.3) is 0 Å². The molecule has 2 aromatic carbocycles. The lowest BCUT2D eigenvalue weighted by molar-refractivity contribution is -0.140. The molecule has 7 heteroatoms. The largest absolute Gasteiger partial charge is 0.497 e. The molecule has 0 aromatic heterocycles. The van der Waals surface area contributed by atoms with E-state index in [-0.39, 0.29) is 17.9 Å². The number of carbonyl (C=O) groups is 1. The number of piperidine rings is 1. The molecular weight excluding hydrogens is 436 g/mol. The van der Waals surface area contributed by atoms with Crippen LogP contribution in [0.15, 0.2) is 53.4 Å². The van der Waals surface area contributed by atoms with E-state index in [2.05, 4.69) is 6.92 Å². The molecule has 33 heavy (non-hydrogen) atoms. The van der Waals surface area contributed by atoms with Gasteiger partial charge < -0.3 is 9.64 Å². The van der Waals surface area contributed by atoms with Crippen molar-refractivity contribution in [3.63, 3.8) is 0 Å². The third kappa shape index (κ3) is 5.41. The molecule has 1 aliphatic carbocycles. The molecule has 2 aliphatic rings. The fourth-order valence-electron chi connectivity index (χ4n) is 4.62. The number of sulfonamides is 1. The van der Waals surface area contributed by atoms with Crippen LogP contribution >= 0.6 is 0 Å². The zero-order valence-electron chi connectivity index (χ0n) is 19.7. The number of carbonyl (C=O) groups excluding carboxylic acids is 1. The average molecular weight is 471 g/mol. The van der Waals surface area contributed by atoms with Crippen LogP contribution in [0.2, 0.25) is 0 Å². The first-order valence-electron chi connectivity index (χ1n) is 11.8. The van der Waals surface area contributed by atoms with E-state index in [0.29, 0.717) is 43.3 Å². The van der Waals surface area contributed by atoms with Gasteiger partial charge in [0.2, 0.25) is 15.9 Å². The van der Waals surface area contributed by atoms with E-state index in [1.807, 2.05) is 48.2 Å². The molecule has 0 radical (unpaired) electrons. The second-order valence-electron chi connectivity index (χ2n) is 9.38. The summed E-state index contributed by atoms with van der Waals surface area (Å²) in [5.74, 6) is 1.37. The Bertz CT molecular complexity index is 1050. The van der Waals surface area contributed by atoms with Gasteiger partial charge in [-0.1, -0.05) is 29.8 Å². The Balaban J connectivity index is 1.43. The third-order valence-electron chi connectivity index (χ3n) is 7.05. The Kier molecular flexibility index (Phi) is 7.10. The molecule has 178 valence electrons. The highest BCUT2D eigenvalue weighted by molar-refractivity contribution is 7.89. The minimum atomic E-state index is -3.53. The van der Waals surface area contributed by atoms with Crippen molar-refractivity contribution in [1.82, 2.24) is 9.21 Å². The van der Waals surface area contributed by atoms with Crippen LogP contribution in [0, 0.1) is 18.8 Å². The second-order valence-corrected chi connectivity index (χ2v) is 11.3. The second kappa shape index (κ2) is 9.85. The summed E-state index contributed by atoms with van der Waals surface area (Å²) in [4.78, 5) is 15.9. The van der Waals surface area contributed by atoms with Crippen LogP contribution < -0.4 is 4.74 Å². The number of hydrogen-bond donors (Lipinski definition) is 0. The van der Waals surface area contributed by atoms with Crippen LogP contribution in [0.4, 0.5) is 0 Å². The summed E-state index contributed by atoms with van der Waals surface area (Å²) in [5.41, 5.74) is 2.11. The van der Waals surface area contributed by atoms with Gasteiger partial charge in [0, 0.05) is 31.6 Å². The van der Waals surface area contributed by atoms with Crippen molar-refractivity contribution in [1.29, 1.82) is 0 Å². The van der Waals surface area contributed by atoms with Crippen LogP contribution in [0.5, 0.6) is 5.75 Å². The summed E-state index contributed by atoms with van der Waals surface area (Å²) in [6.45, 7) is 5.41. The molecule has 1 amide bonds. The van der Waals surface area contributed by atoms with E-state index in [1.165, 1.54) is 17.1 Å². The van der Waals surface area contributed by atoms with Crippen molar-refractivity contribution < 1.29 is 17.9 Å². The number of amides is 1. The highest BCUT2D eigenvalue weighted by Crippen LogP contribution is 2.37. The molecule has 6 nitrogen and oxygen atoms in total. The zero-order valence-corrected chi connectivity index (χ0v) is 20.6. The van der Waals surface area contributed by atoms with Gasteiger partial charge >= 0.3 is 0 Å². The van der Waals surface area contributed by atoms with Gasteiger partial charge in [-0.3, -0.25) is 4.79 Å². The van der Waals surface area contributed by atoms with E-state index in [9.17, 15) is 13.2 Å². The number of methoxy groups -OCH3 is 1. The molecule has 2 fully saturated rings. The molecule has 0 N–H and O–H groups in total. The van der Waals surface area contributed by atoms with Crippen molar-refractivity contribution in [2.24, 2.45) is 11.8 Å². The molecule has 1 saturated heterocycles. The summed E-state index contributed by atoms with van der Waals surface area (Å²) in [6, 6.07) is 15.0. The Hall–Kier alpha value is -2.38. The standard InChI is InChI=1S/C26H34N2O4S/c1-19-4-12-25(13-5-19)33(30,31)27-16-14-23(15-17-27)26(29)28(20(2)22-8-9-22)18-21-6-10-24(32-3)11-7-21/h4-7,10-13,20,22-23H,8-9,14-18H2,1-3H3. The molecule has 0 bridgehead atoms. The maximum atomic E-state index is 13.6. The minimum absolute atomic E-state index is 0.145. The van der Waals surface area contributed by atoms with Crippen LogP contribution in [0.1, 0.15) is 43.7 Å². The quantitative estimate of drug-likeness (QED) is 0.579. The van der Waals surface area contributed by atoms with Gasteiger partial charge in [0.25, 0.3) is 0 Å². The smallest absolute Gasteiger partial charge is 0.243 e. The van der Waals surface area contributed by atoms with Gasteiger partial charge in [0.1, 0.15) is 5.75 Å². The zero-order chi connectivity index (χ0) is 23.6. The highest BCUT2D eigenvalue weighted by Gasteiger charge is 2.38. The summed E-state index contributed by atoms with van der Waals surface area (Å²) >= 11 is 0. The third-order valence-corrected chi connectivity index (χ3v) is 8.97. The minimum Gasteiger partial charge on any atom is -0.497 e. The molecule has 0 spiro atoms. The molecule has 4 rings (SSSR count). The first kappa shape index (κ1) is 23.8. The van der Waals surface area contributed by atoms with Crippen molar-refractivity contribution >= 4 is 15.9 Å². The Morgan fingerprint density at radius 3 is 2.18 bits per heavy atom. The average Bonchev–Trinajstić information content (AvgIpc) is 3.68. The van der Waals surface area contributed by atoms with Gasteiger partial charge in [0.05, 0.1) is 12.0 Å². The van der Waals surface area contributed by atoms with Crippen molar-refractivity contribution in [3.05, 3.63) is 59.7 Å². The number of ether oxygens (including phenoxy) is 1. The molecule has 1 aliphatic heterocycles. The fraction of sp³-hybridized carbons (Fsp3) is 0.500. The lowest BCUT2D eigenvalue weighted by Crippen LogP contribution is -2.47. The number of hydrogen-bond acceptors (Lipinski definition) is 4. The number of benzene rings is 2. The van der Waals surface area contributed by atoms with E-state index in [1.54, 1.807) is 19.2 Å². The van der Waals surface area contributed by atoms with Crippen molar-refractivity contribution in [3.8, 4) is 5.75 Å². The monoisotopic (exact) mass is 470 g/mol.